The zero-order valence-electron chi connectivity index (χ0n) is 62.2. The number of anilines is 1. The first-order valence-electron chi connectivity index (χ1n) is 35.1. The van der Waals surface area contributed by atoms with Crippen LogP contribution < -0.4 is 30.8 Å². The van der Waals surface area contributed by atoms with E-state index in [1.807, 2.05) is 10.7 Å². The van der Waals surface area contributed by atoms with Gasteiger partial charge in [0.15, 0.2) is 0 Å². The molecule has 4 aliphatic heterocycles. The van der Waals surface area contributed by atoms with Gasteiger partial charge in [-0.1, -0.05) is 43.9 Å². The molecule has 41 heteroatoms. The molecule has 614 valence electrons. The van der Waals surface area contributed by atoms with Crippen molar-refractivity contribution in [2.45, 2.75) is 166 Å². The van der Waals surface area contributed by atoms with E-state index in [-0.39, 0.29) is 26.9 Å². The number of hydrazine groups is 1. The Balaban J connectivity index is 1.18. The average Bonchev–Trinajstić information content (AvgIpc) is 1.75. The van der Waals surface area contributed by atoms with E-state index in [0.717, 1.165) is 43.2 Å². The molecular formula is C72H83F10N12O18P. The molecule has 30 nitrogen and oxygen atoms in total. The van der Waals surface area contributed by atoms with E-state index in [9.17, 15) is 62.1 Å². The number of piperazine rings is 1. The van der Waals surface area contributed by atoms with Crippen LogP contribution in [0.25, 0.3) is 11.3 Å². The van der Waals surface area contributed by atoms with Crippen LogP contribution in [0.15, 0.2) is 73.2 Å². The maximum Gasteiger partial charge on any atom is 0.524 e. The van der Waals surface area contributed by atoms with Crippen LogP contribution >= 0.6 is 7.82 Å². The summed E-state index contributed by atoms with van der Waals surface area (Å²) in [5.74, 6) is -8.16. The van der Waals surface area contributed by atoms with Crippen molar-refractivity contribution in [2.75, 3.05) is 58.5 Å². The van der Waals surface area contributed by atoms with Gasteiger partial charge in [-0.05, 0) is 113 Å². The molecule has 8 N–H and O–H groups in total. The molecule has 6 heterocycles. The Labute approximate surface area is 639 Å². The number of likely N-dealkylation sites (tertiary alicyclic amines) is 1. The van der Waals surface area contributed by atoms with Crippen molar-refractivity contribution in [3.63, 3.8) is 0 Å². The summed E-state index contributed by atoms with van der Waals surface area (Å²) in [5.41, 5.74) is -8.46. The fourth-order valence-electron chi connectivity index (χ4n) is 14.0. The molecule has 9 rings (SSSR count). The molecular weight excluding hydrogens is 1540 g/mol. The number of halogens is 10. The maximum absolute atomic E-state index is 16.9. The standard InChI is InChI=1S/C72H83F10N12O18P/c1-37-20-42(26-55(95)92-30-43(62(99)100)25-52(92)63(101)102)57(53(21-37)112-113(105,106)107)68(2,3)27-56(96)111-54(34-91(89-61(98)59(87-67(104)109-9)70(6,7)72(80,81)82)33-47-48(73)23-41(24-49(47)74)50-18-19-93(88-50)64(75)76)51(85-60(97)58(86-66(103)108-8)69(4,5)71(77,78)79)22-39-13-10-38(11-14-39)12-15-40-28-83-65(84-29-40)90-31-44-16-17-45(32-90)94(44)46-35-110-36-46/h10-11,13-14,18-21,23-24,28-29,43-46,51-52,54,58-59,64H,16-17,22,25-27,30-36H2,1-9H3,(H,85,97)(H,86,103)(H,87,104)(H,89,98)(H,99,100)(H,101,102)(H2,105,106,107)/t43-,44?,45?,51-,52-,54-,58+,59+/m0/s1. The Bertz CT molecular complexity index is 4460. The number of alkyl carbamates (subject to hydrolysis) is 2. The smallest absolute Gasteiger partial charge is 0.481 e. The van der Waals surface area contributed by atoms with Gasteiger partial charge in [-0.3, -0.25) is 44.1 Å². The molecule has 4 saturated heterocycles. The number of methoxy groups -OCH3 is 2. The number of amides is 5. The summed E-state index contributed by atoms with van der Waals surface area (Å²) in [4.78, 5) is 145. The molecule has 5 amide bonds. The number of fused-ring (bicyclic) bond motifs is 2. The summed E-state index contributed by atoms with van der Waals surface area (Å²) < 4.78 is 192. The largest absolute Gasteiger partial charge is 0.524 e. The number of phosphoric acid groups is 1. The molecule has 0 radical (unpaired) electrons. The van der Waals surface area contributed by atoms with E-state index in [1.165, 1.54) is 63.5 Å². The minimum atomic E-state index is -5.67. The van der Waals surface area contributed by atoms with Crippen LogP contribution in [0.5, 0.6) is 5.75 Å². The zero-order chi connectivity index (χ0) is 83.4. The highest BCUT2D eigenvalue weighted by Crippen LogP contribution is 2.47. The Morgan fingerprint density at radius 1 is 0.743 bits per heavy atom. The highest BCUT2D eigenvalue weighted by molar-refractivity contribution is 7.46. The highest BCUT2D eigenvalue weighted by Gasteiger charge is 2.58. The normalized spacial score (nSPS) is 18.8. The molecule has 4 aliphatic rings. The van der Waals surface area contributed by atoms with E-state index in [4.69, 9.17) is 14.0 Å². The van der Waals surface area contributed by atoms with Crippen molar-refractivity contribution in [1.29, 1.82) is 0 Å². The third-order valence-electron chi connectivity index (χ3n) is 20.3. The molecule has 5 aromatic rings. The van der Waals surface area contributed by atoms with Crippen LogP contribution in [0.2, 0.25) is 0 Å². The predicted molar refractivity (Wildman–Crippen MR) is 375 cm³/mol. The lowest BCUT2D eigenvalue weighted by atomic mass is 9.77. The summed E-state index contributed by atoms with van der Waals surface area (Å²) >= 11 is 0. The number of carboxylic acid groups (broad SMARTS) is 2. The second kappa shape index (κ2) is 34.6. The van der Waals surface area contributed by atoms with E-state index in [1.54, 1.807) is 5.32 Å². The number of aryl methyl sites for hydroxylation is 1. The molecule has 0 spiro atoms. The van der Waals surface area contributed by atoms with Gasteiger partial charge in [0, 0.05) is 84.5 Å². The van der Waals surface area contributed by atoms with Gasteiger partial charge in [0.2, 0.25) is 17.8 Å². The maximum atomic E-state index is 16.9. The Morgan fingerprint density at radius 2 is 1.31 bits per heavy atom. The number of esters is 1. The van der Waals surface area contributed by atoms with Crippen LogP contribution in [0.3, 0.4) is 0 Å². The Morgan fingerprint density at radius 3 is 1.81 bits per heavy atom. The first-order chi connectivity index (χ1) is 52.7. The van der Waals surface area contributed by atoms with Crippen LogP contribution in [0.4, 0.5) is 59.4 Å². The third kappa shape index (κ3) is 20.8. The molecule has 0 saturated carbocycles. The highest BCUT2D eigenvalue weighted by atomic mass is 31.2. The quantitative estimate of drug-likeness (QED) is 0.00569. The fourth-order valence-corrected chi connectivity index (χ4v) is 14.4. The van der Waals surface area contributed by atoms with E-state index in [2.05, 4.69) is 51.5 Å². The molecule has 0 aliphatic carbocycles. The predicted octanol–water partition coefficient (Wildman–Crippen LogP) is 7.64. The number of hydrogen-bond donors (Lipinski definition) is 8. The lowest BCUT2D eigenvalue weighted by Gasteiger charge is -2.47. The van der Waals surface area contributed by atoms with Crippen molar-refractivity contribution in [3.8, 4) is 28.8 Å². The van der Waals surface area contributed by atoms with Gasteiger partial charge in [-0.25, -0.2) is 47.4 Å². The molecule has 113 heavy (non-hydrogen) atoms. The lowest BCUT2D eigenvalue weighted by Crippen LogP contribution is -2.64. The number of carbonyl (C=O) groups excluding carboxylic acids is 6. The monoisotopic (exact) mass is 1620 g/mol. The average molecular weight is 1630 g/mol. The number of phosphoric ester groups is 1. The van der Waals surface area contributed by atoms with Gasteiger partial charge >= 0.3 is 56.8 Å². The minimum absolute atomic E-state index is 0.0548. The third-order valence-corrected chi connectivity index (χ3v) is 20.7. The van der Waals surface area contributed by atoms with Gasteiger partial charge in [-0.15, -0.1) is 0 Å². The van der Waals surface area contributed by atoms with Crippen molar-refractivity contribution in [2.24, 2.45) is 16.7 Å². The summed E-state index contributed by atoms with van der Waals surface area (Å²) in [7, 11) is -4.22. The van der Waals surface area contributed by atoms with E-state index < -0.39 is 212 Å². The number of hydrogen-bond acceptors (Lipinski definition) is 20. The molecule has 4 fully saturated rings. The number of carboxylic acids is 2. The fraction of sp³-hybridized carbons (Fsp3) is 0.514. The van der Waals surface area contributed by atoms with E-state index >= 15 is 44.7 Å². The zero-order valence-corrected chi connectivity index (χ0v) is 63.1. The second-order valence-electron chi connectivity index (χ2n) is 29.6. The van der Waals surface area contributed by atoms with Gasteiger partial charge in [0.05, 0.1) is 86.9 Å². The number of ether oxygens (including phenoxy) is 4. The number of nitrogens with zero attached hydrogens (tertiary/aromatic N) is 8. The first-order valence-corrected chi connectivity index (χ1v) is 36.6. The summed E-state index contributed by atoms with van der Waals surface area (Å²) in [6.45, 7) is 1.75. The molecule has 2 unspecified atom stereocenters. The lowest BCUT2D eigenvalue weighted by molar-refractivity contribution is -0.221. The summed E-state index contributed by atoms with van der Waals surface area (Å²) in [5, 5.41) is 29.9. The molecule has 2 aromatic heterocycles. The SMILES string of the molecule is COC(=O)N[C@H](C(=O)N[C@@H](Cc1ccc(C#Cc2cnc(N3CC4CCC(C3)N4C3COC3)nc2)cc1)[C@H](CN(Cc1c(F)cc(-c2ccn(C(F)F)n2)cc1F)NC(=O)[C@@H](NC(=O)OC)C(C)(C)C(F)(F)F)OC(=O)CC(C)(C)c1c(CC(=O)N2C[C@@H](C(=O)O)C[C@H]2C(=O)O)cc(C)cc1OP(=O)(O)O)C(C)(C)C(F)(F)F. The number of aromatic nitrogens is 4. The molecule has 2 bridgehead atoms. The summed E-state index contributed by atoms with van der Waals surface area (Å²) in [6.07, 6.45) is -14.0. The van der Waals surface area contributed by atoms with Crippen molar-refractivity contribution >= 4 is 61.6 Å². The van der Waals surface area contributed by atoms with Crippen molar-refractivity contribution in [1.82, 2.24) is 55.9 Å². The Hall–Kier alpha value is -10.2. The second-order valence-corrected chi connectivity index (χ2v) is 30.8. The molecule has 3 aromatic carbocycles. The van der Waals surface area contributed by atoms with Crippen molar-refractivity contribution < 1.29 is 130 Å². The number of rotatable bonds is 29. The van der Waals surface area contributed by atoms with Crippen LogP contribution in [-0.2, 0) is 77.1 Å². The minimum Gasteiger partial charge on any atom is -0.481 e. The summed E-state index contributed by atoms with van der Waals surface area (Å²) in [6, 6.07) is 1.57. The van der Waals surface area contributed by atoms with Crippen molar-refractivity contribution in [3.05, 3.63) is 124 Å². The number of nitrogens with one attached hydrogen (secondary N) is 4. The number of aliphatic carboxylic acids is 2. The van der Waals surface area contributed by atoms with Crippen LogP contribution in [0.1, 0.15) is 113 Å². The van der Waals surface area contributed by atoms with E-state index in [0.29, 0.717) is 108 Å². The van der Waals surface area contributed by atoms with Gasteiger partial charge < -0.3 is 59.4 Å². The first kappa shape index (κ1) is 86.8. The number of benzene rings is 3. The van der Waals surface area contributed by atoms with Gasteiger partial charge in [-0.2, -0.15) is 40.2 Å². The van der Waals surface area contributed by atoms with Crippen LogP contribution in [0, 0.1) is 47.1 Å². The number of alkyl halides is 8. The number of carbonyl (C=O) groups is 8. The molecule has 8 atom stereocenters. The topological polar surface area (TPSA) is 385 Å². The van der Waals surface area contributed by atoms with Crippen LogP contribution in [-0.4, -0.2) is 217 Å². The van der Waals surface area contributed by atoms with Gasteiger partial charge in [0.25, 0.3) is 5.91 Å². The Kier molecular flexibility index (Phi) is 26.6. The van der Waals surface area contributed by atoms with Gasteiger partial charge in [0.1, 0.15) is 41.6 Å².